The largest absolute Gasteiger partial charge is 0.295 e. The van der Waals surface area contributed by atoms with Crippen LogP contribution in [0, 0.1) is 0 Å². The van der Waals surface area contributed by atoms with Gasteiger partial charge in [-0.3, -0.25) is 4.79 Å². The van der Waals surface area contributed by atoms with Crippen molar-refractivity contribution in [2.45, 2.75) is 52.4 Å². The van der Waals surface area contributed by atoms with Crippen LogP contribution in [0.4, 0.5) is 0 Å². The molecule has 0 atom stereocenters. The van der Waals surface area contributed by atoms with Crippen LogP contribution in [0.2, 0.25) is 0 Å². The van der Waals surface area contributed by atoms with E-state index in [-0.39, 0.29) is 0 Å². The Labute approximate surface area is 74.9 Å². The maximum atomic E-state index is 11.3. The Kier molecular flexibility index (Phi) is 3.51. The van der Waals surface area contributed by atoms with E-state index in [1.54, 1.807) is 0 Å². The van der Waals surface area contributed by atoms with Gasteiger partial charge < -0.3 is 0 Å². The van der Waals surface area contributed by atoms with Gasteiger partial charge in [0.15, 0.2) is 5.78 Å². The molecule has 0 radical (unpaired) electrons. The molecular formula is C11H18O. The van der Waals surface area contributed by atoms with Gasteiger partial charge in [0, 0.05) is 6.42 Å². The first-order valence-corrected chi connectivity index (χ1v) is 4.97. The third-order valence-corrected chi connectivity index (χ3v) is 2.66. The molecule has 1 heteroatoms. The monoisotopic (exact) mass is 166 g/mol. The van der Waals surface area contributed by atoms with Crippen molar-refractivity contribution in [2.75, 3.05) is 0 Å². The van der Waals surface area contributed by atoms with E-state index in [1.165, 1.54) is 18.4 Å². The molecule has 0 aromatic heterocycles. The number of Topliss-reactive ketones (excluding diaryl/α,β-unsaturated/α-hetero) is 1. The summed E-state index contributed by atoms with van der Waals surface area (Å²) in [7, 11) is 0. The molecule has 0 aromatic carbocycles. The summed E-state index contributed by atoms with van der Waals surface area (Å²) >= 11 is 0. The van der Waals surface area contributed by atoms with E-state index < -0.39 is 0 Å². The van der Waals surface area contributed by atoms with Gasteiger partial charge in [0.1, 0.15) is 0 Å². The minimum Gasteiger partial charge on any atom is -0.295 e. The smallest absolute Gasteiger partial charge is 0.158 e. The lowest BCUT2D eigenvalue weighted by Crippen LogP contribution is -2.09. The summed E-state index contributed by atoms with van der Waals surface area (Å²) in [4.78, 5) is 11.3. The first-order chi connectivity index (χ1) is 5.75. The van der Waals surface area contributed by atoms with Gasteiger partial charge in [-0.15, -0.1) is 0 Å². The number of hydrogen-bond donors (Lipinski definition) is 0. The van der Waals surface area contributed by atoms with Crippen molar-refractivity contribution in [3.8, 4) is 0 Å². The van der Waals surface area contributed by atoms with E-state index in [9.17, 15) is 4.79 Å². The highest BCUT2D eigenvalue weighted by Gasteiger charge is 2.15. The summed E-state index contributed by atoms with van der Waals surface area (Å²) in [6, 6.07) is 0. The van der Waals surface area contributed by atoms with Gasteiger partial charge in [0.2, 0.25) is 0 Å². The molecule has 1 rings (SSSR count). The van der Waals surface area contributed by atoms with Crippen LogP contribution in [0.5, 0.6) is 0 Å². The first-order valence-electron chi connectivity index (χ1n) is 4.97. The Hall–Kier alpha value is -0.590. The van der Waals surface area contributed by atoms with Crippen LogP contribution >= 0.6 is 0 Å². The van der Waals surface area contributed by atoms with Crippen molar-refractivity contribution in [3.05, 3.63) is 11.1 Å². The molecule has 1 aliphatic carbocycles. The average Bonchev–Trinajstić information content (AvgIpc) is 2.08. The van der Waals surface area contributed by atoms with E-state index in [0.717, 1.165) is 31.3 Å². The molecule has 0 fully saturated rings. The highest BCUT2D eigenvalue weighted by atomic mass is 16.1. The standard InChI is InChI=1S/C11H18O/c1-3-4-6-10-7-5-8-11(12)9(10)2/h3-8H2,1-2H3. The minimum absolute atomic E-state index is 0.382. The Morgan fingerprint density at radius 2 is 2.08 bits per heavy atom. The zero-order valence-corrected chi connectivity index (χ0v) is 8.15. The molecule has 0 unspecified atom stereocenters. The summed E-state index contributed by atoms with van der Waals surface area (Å²) in [6.45, 7) is 4.19. The number of hydrogen-bond acceptors (Lipinski definition) is 1. The van der Waals surface area contributed by atoms with Gasteiger partial charge in [-0.1, -0.05) is 18.9 Å². The highest BCUT2D eigenvalue weighted by Crippen LogP contribution is 2.25. The summed E-state index contributed by atoms with van der Waals surface area (Å²) < 4.78 is 0. The van der Waals surface area contributed by atoms with Crippen molar-refractivity contribution in [3.63, 3.8) is 0 Å². The third-order valence-electron chi connectivity index (χ3n) is 2.66. The van der Waals surface area contributed by atoms with Crippen LogP contribution < -0.4 is 0 Å². The summed E-state index contributed by atoms with van der Waals surface area (Å²) in [5, 5.41) is 0. The number of carbonyl (C=O) groups excluding carboxylic acids is 1. The Morgan fingerprint density at radius 3 is 2.75 bits per heavy atom. The summed E-state index contributed by atoms with van der Waals surface area (Å²) in [5.41, 5.74) is 2.49. The van der Waals surface area contributed by atoms with Gasteiger partial charge >= 0.3 is 0 Å². The molecule has 1 aliphatic rings. The fourth-order valence-corrected chi connectivity index (χ4v) is 1.74. The zero-order chi connectivity index (χ0) is 8.97. The molecule has 0 bridgehead atoms. The van der Waals surface area contributed by atoms with E-state index >= 15 is 0 Å². The van der Waals surface area contributed by atoms with Gasteiger partial charge in [0.25, 0.3) is 0 Å². The molecule has 0 saturated heterocycles. The van der Waals surface area contributed by atoms with Crippen molar-refractivity contribution in [2.24, 2.45) is 0 Å². The minimum atomic E-state index is 0.382. The molecule has 0 heterocycles. The predicted octanol–water partition coefficient (Wildman–Crippen LogP) is 3.25. The fraction of sp³-hybridized carbons (Fsp3) is 0.727. The van der Waals surface area contributed by atoms with Crippen LogP contribution in [0.3, 0.4) is 0 Å². The molecule has 68 valence electrons. The van der Waals surface area contributed by atoms with Crippen molar-refractivity contribution in [1.82, 2.24) is 0 Å². The SMILES string of the molecule is CCCCC1=C(C)C(=O)CCC1. The van der Waals surface area contributed by atoms with Crippen LogP contribution in [-0.4, -0.2) is 5.78 Å². The normalized spacial score (nSPS) is 18.7. The summed E-state index contributed by atoms with van der Waals surface area (Å²) in [5.74, 6) is 0.382. The van der Waals surface area contributed by atoms with Gasteiger partial charge in [-0.05, 0) is 38.2 Å². The predicted molar refractivity (Wildman–Crippen MR) is 51.1 cm³/mol. The second kappa shape index (κ2) is 4.44. The molecule has 0 spiro atoms. The maximum Gasteiger partial charge on any atom is 0.158 e. The molecule has 1 nitrogen and oxygen atoms in total. The molecule has 0 amide bonds. The van der Waals surface area contributed by atoms with Crippen LogP contribution in [0.1, 0.15) is 52.4 Å². The first kappa shape index (κ1) is 9.50. The zero-order valence-electron chi connectivity index (χ0n) is 8.15. The molecular weight excluding hydrogens is 148 g/mol. The van der Waals surface area contributed by atoms with Gasteiger partial charge in [0.05, 0.1) is 0 Å². The topological polar surface area (TPSA) is 17.1 Å². The molecule has 0 N–H and O–H groups in total. The number of ketones is 1. The van der Waals surface area contributed by atoms with E-state index in [4.69, 9.17) is 0 Å². The fourth-order valence-electron chi connectivity index (χ4n) is 1.74. The maximum absolute atomic E-state index is 11.3. The van der Waals surface area contributed by atoms with E-state index in [0.29, 0.717) is 5.78 Å². The lowest BCUT2D eigenvalue weighted by atomic mass is 9.89. The number of unbranched alkanes of at least 4 members (excludes halogenated alkanes) is 1. The van der Waals surface area contributed by atoms with Crippen molar-refractivity contribution in [1.29, 1.82) is 0 Å². The number of rotatable bonds is 3. The van der Waals surface area contributed by atoms with Crippen LogP contribution in [-0.2, 0) is 4.79 Å². The Balaban J connectivity index is 2.59. The second-order valence-corrected chi connectivity index (χ2v) is 3.61. The van der Waals surface area contributed by atoms with Crippen molar-refractivity contribution < 1.29 is 4.79 Å². The quantitative estimate of drug-likeness (QED) is 0.629. The van der Waals surface area contributed by atoms with Crippen LogP contribution in [0.15, 0.2) is 11.1 Å². The second-order valence-electron chi connectivity index (χ2n) is 3.61. The van der Waals surface area contributed by atoms with Crippen LogP contribution in [0.25, 0.3) is 0 Å². The van der Waals surface area contributed by atoms with Gasteiger partial charge in [-0.25, -0.2) is 0 Å². The molecule has 12 heavy (non-hydrogen) atoms. The average molecular weight is 166 g/mol. The highest BCUT2D eigenvalue weighted by molar-refractivity contribution is 5.96. The molecule has 0 aromatic rings. The van der Waals surface area contributed by atoms with E-state index in [1.807, 2.05) is 6.92 Å². The van der Waals surface area contributed by atoms with E-state index in [2.05, 4.69) is 6.92 Å². The summed E-state index contributed by atoms with van der Waals surface area (Å²) in [6.07, 6.45) is 6.63. The number of allylic oxidation sites excluding steroid dienone is 2. The number of carbonyl (C=O) groups is 1. The molecule has 0 saturated carbocycles. The Bertz CT molecular complexity index is 201. The third kappa shape index (κ3) is 2.20. The molecule has 0 aliphatic heterocycles. The Morgan fingerprint density at radius 1 is 1.33 bits per heavy atom. The lowest BCUT2D eigenvalue weighted by molar-refractivity contribution is -0.116. The van der Waals surface area contributed by atoms with Gasteiger partial charge in [-0.2, -0.15) is 0 Å². The lowest BCUT2D eigenvalue weighted by Gasteiger charge is -2.16. The van der Waals surface area contributed by atoms with Crippen molar-refractivity contribution >= 4 is 5.78 Å².